The van der Waals surface area contributed by atoms with Crippen molar-refractivity contribution < 1.29 is 27.5 Å². The van der Waals surface area contributed by atoms with Gasteiger partial charge in [0.15, 0.2) is 15.5 Å². The molecule has 0 bridgehead atoms. The molecule has 2 amide bonds. The first kappa shape index (κ1) is 26.0. The van der Waals surface area contributed by atoms with E-state index >= 15 is 0 Å². The van der Waals surface area contributed by atoms with E-state index in [0.29, 0.717) is 72.9 Å². The smallest absolute Gasteiger partial charge is 0.409 e. The van der Waals surface area contributed by atoms with Crippen molar-refractivity contribution in [3.8, 4) is 17.0 Å². The molecule has 5 rings (SSSR count). The summed E-state index contributed by atoms with van der Waals surface area (Å²) in [5.41, 5.74) is 2.93. The summed E-state index contributed by atoms with van der Waals surface area (Å²) in [6.45, 7) is 5.36. The van der Waals surface area contributed by atoms with Gasteiger partial charge in [0.25, 0.3) is 5.91 Å². The van der Waals surface area contributed by atoms with Crippen LogP contribution in [0.15, 0.2) is 30.3 Å². The number of aromatic nitrogens is 3. The number of benzene rings is 1. The number of methoxy groups -OCH3 is 1. The Morgan fingerprint density at radius 3 is 2.37 bits per heavy atom. The van der Waals surface area contributed by atoms with E-state index in [-0.39, 0.29) is 29.5 Å². The standard InChI is InChI=1S/C26H31N5O6S/c1-4-37-26(33)30-12-10-29(11-13-30)25(32)21-15-22(18-5-7-20(36-3)8-6-18)27-24-23(21)17(2)28-31(24)19-9-14-38(34,35)16-19/h5-8,15,19H,4,9-14,16H2,1-3H3. The first-order valence-electron chi connectivity index (χ1n) is 12.7. The number of pyridine rings is 1. The topological polar surface area (TPSA) is 124 Å². The first-order chi connectivity index (χ1) is 18.2. The number of piperazine rings is 1. The Labute approximate surface area is 221 Å². The van der Waals surface area contributed by atoms with Gasteiger partial charge in [-0.15, -0.1) is 0 Å². The number of rotatable bonds is 5. The molecule has 4 heterocycles. The van der Waals surface area contributed by atoms with E-state index in [2.05, 4.69) is 5.10 Å². The lowest BCUT2D eigenvalue weighted by Crippen LogP contribution is -2.50. The molecule has 0 aliphatic carbocycles. The maximum atomic E-state index is 13.9. The third kappa shape index (κ3) is 4.92. The van der Waals surface area contributed by atoms with E-state index in [1.54, 1.807) is 34.6 Å². The Bertz CT molecular complexity index is 1480. The van der Waals surface area contributed by atoms with Gasteiger partial charge in [-0.1, -0.05) is 0 Å². The van der Waals surface area contributed by atoms with Gasteiger partial charge in [-0.3, -0.25) is 4.79 Å². The van der Waals surface area contributed by atoms with Crippen LogP contribution in [0, 0.1) is 6.92 Å². The number of sulfone groups is 1. The predicted octanol–water partition coefficient (Wildman–Crippen LogP) is 2.69. The number of fused-ring (bicyclic) bond motifs is 1. The minimum absolute atomic E-state index is 0.00321. The second-order valence-electron chi connectivity index (χ2n) is 9.55. The number of carbonyl (C=O) groups is 2. The summed E-state index contributed by atoms with van der Waals surface area (Å²) >= 11 is 0. The van der Waals surface area contributed by atoms with Crippen LogP contribution in [0.5, 0.6) is 5.75 Å². The molecule has 38 heavy (non-hydrogen) atoms. The van der Waals surface area contributed by atoms with Crippen LogP contribution in [0.4, 0.5) is 4.79 Å². The molecular weight excluding hydrogens is 510 g/mol. The van der Waals surface area contributed by atoms with Gasteiger partial charge in [0.2, 0.25) is 0 Å². The van der Waals surface area contributed by atoms with Crippen molar-refractivity contribution in [2.45, 2.75) is 26.3 Å². The number of nitrogens with zero attached hydrogens (tertiary/aromatic N) is 5. The second-order valence-corrected chi connectivity index (χ2v) is 11.8. The molecule has 0 spiro atoms. The van der Waals surface area contributed by atoms with Gasteiger partial charge in [-0.25, -0.2) is 22.9 Å². The van der Waals surface area contributed by atoms with Crippen molar-refractivity contribution >= 4 is 32.9 Å². The number of hydrogen-bond donors (Lipinski definition) is 0. The lowest BCUT2D eigenvalue weighted by Gasteiger charge is -2.34. The zero-order valence-electron chi connectivity index (χ0n) is 21.7. The number of ether oxygens (including phenoxy) is 2. The molecule has 1 unspecified atom stereocenters. The Kier molecular flexibility index (Phi) is 6.99. The summed E-state index contributed by atoms with van der Waals surface area (Å²) in [4.78, 5) is 34.2. The lowest BCUT2D eigenvalue weighted by atomic mass is 10.0. The molecule has 2 aliphatic heterocycles. The van der Waals surface area contributed by atoms with Gasteiger partial charge < -0.3 is 19.3 Å². The minimum atomic E-state index is -3.15. The highest BCUT2D eigenvalue weighted by atomic mass is 32.2. The predicted molar refractivity (Wildman–Crippen MR) is 141 cm³/mol. The van der Waals surface area contributed by atoms with Crippen molar-refractivity contribution in [2.75, 3.05) is 51.4 Å². The average molecular weight is 542 g/mol. The van der Waals surface area contributed by atoms with E-state index in [9.17, 15) is 18.0 Å². The summed E-state index contributed by atoms with van der Waals surface area (Å²) < 4.78 is 36.5. The number of amides is 2. The van der Waals surface area contributed by atoms with E-state index in [4.69, 9.17) is 14.5 Å². The fraction of sp³-hybridized carbons (Fsp3) is 0.462. The van der Waals surface area contributed by atoms with Gasteiger partial charge >= 0.3 is 6.09 Å². The molecule has 11 nitrogen and oxygen atoms in total. The lowest BCUT2D eigenvalue weighted by molar-refractivity contribution is 0.0572. The van der Waals surface area contributed by atoms with Crippen molar-refractivity contribution in [3.63, 3.8) is 0 Å². The van der Waals surface area contributed by atoms with Gasteiger partial charge in [-0.05, 0) is 50.6 Å². The van der Waals surface area contributed by atoms with Crippen LogP contribution in [0.2, 0.25) is 0 Å². The van der Waals surface area contributed by atoms with Crippen molar-refractivity contribution in [1.82, 2.24) is 24.6 Å². The highest BCUT2D eigenvalue weighted by Crippen LogP contribution is 2.33. The van der Waals surface area contributed by atoms with Gasteiger partial charge in [0, 0.05) is 31.7 Å². The third-order valence-electron chi connectivity index (χ3n) is 7.10. The fourth-order valence-corrected chi connectivity index (χ4v) is 6.78. The van der Waals surface area contributed by atoms with Gasteiger partial charge in [-0.2, -0.15) is 5.10 Å². The molecule has 0 saturated carbocycles. The Morgan fingerprint density at radius 2 is 1.76 bits per heavy atom. The summed E-state index contributed by atoms with van der Waals surface area (Å²) in [6, 6.07) is 8.81. The molecule has 12 heteroatoms. The first-order valence-corrected chi connectivity index (χ1v) is 14.5. The molecule has 3 aromatic rings. The van der Waals surface area contributed by atoms with Crippen LogP contribution in [0.25, 0.3) is 22.3 Å². The molecule has 202 valence electrons. The van der Waals surface area contributed by atoms with Crippen molar-refractivity contribution in [1.29, 1.82) is 0 Å². The SMILES string of the molecule is CCOC(=O)N1CCN(C(=O)c2cc(-c3ccc(OC)cc3)nc3c2c(C)nn3C2CCS(=O)(=O)C2)CC1. The van der Waals surface area contributed by atoms with E-state index < -0.39 is 9.84 Å². The maximum absolute atomic E-state index is 13.9. The molecule has 0 radical (unpaired) electrons. The highest BCUT2D eigenvalue weighted by Gasteiger charge is 2.33. The van der Waals surface area contributed by atoms with E-state index in [0.717, 1.165) is 5.56 Å². The zero-order chi connectivity index (χ0) is 27.0. The highest BCUT2D eigenvalue weighted by molar-refractivity contribution is 7.91. The van der Waals surface area contributed by atoms with Crippen molar-refractivity contribution in [2.24, 2.45) is 0 Å². The van der Waals surface area contributed by atoms with Gasteiger partial charge in [0.1, 0.15) is 5.75 Å². The molecular formula is C26H31N5O6S. The second kappa shape index (κ2) is 10.2. The Hall–Kier alpha value is -3.67. The zero-order valence-corrected chi connectivity index (χ0v) is 22.5. The third-order valence-corrected chi connectivity index (χ3v) is 8.85. The van der Waals surface area contributed by atoms with Crippen LogP contribution >= 0.6 is 0 Å². The molecule has 1 atom stereocenters. The van der Waals surface area contributed by atoms with Crippen LogP contribution in [0.1, 0.15) is 35.4 Å². The summed E-state index contributed by atoms with van der Waals surface area (Å²) in [5, 5.41) is 5.29. The number of aryl methyl sites for hydroxylation is 1. The van der Waals surface area contributed by atoms with Crippen LogP contribution in [-0.2, 0) is 14.6 Å². The Balaban J connectivity index is 1.56. The normalized spacial score (nSPS) is 19.1. The average Bonchev–Trinajstić information content (AvgIpc) is 3.46. The van der Waals surface area contributed by atoms with E-state index in [1.807, 2.05) is 31.2 Å². The number of hydrogen-bond acceptors (Lipinski definition) is 8. The molecule has 2 aromatic heterocycles. The molecule has 0 N–H and O–H groups in total. The molecule has 2 aliphatic rings. The fourth-order valence-electron chi connectivity index (χ4n) is 5.09. The number of carbonyl (C=O) groups excluding carboxylic acids is 2. The monoisotopic (exact) mass is 541 g/mol. The molecule has 2 fully saturated rings. The van der Waals surface area contributed by atoms with Crippen molar-refractivity contribution in [3.05, 3.63) is 41.6 Å². The molecule has 1 aromatic carbocycles. The van der Waals surface area contributed by atoms with E-state index in [1.165, 1.54) is 0 Å². The van der Waals surface area contributed by atoms with Crippen LogP contribution in [-0.4, -0.2) is 96.4 Å². The van der Waals surface area contributed by atoms with Gasteiger partial charge in [0.05, 0.1) is 53.6 Å². The molecule has 2 saturated heterocycles. The summed E-state index contributed by atoms with van der Waals surface area (Å²) in [7, 11) is -1.56. The minimum Gasteiger partial charge on any atom is -0.497 e. The Morgan fingerprint density at radius 1 is 1.08 bits per heavy atom. The quantitative estimate of drug-likeness (QED) is 0.483. The van der Waals surface area contributed by atoms with Crippen LogP contribution in [0.3, 0.4) is 0 Å². The summed E-state index contributed by atoms with van der Waals surface area (Å²) in [6.07, 6.45) is 0.0721. The maximum Gasteiger partial charge on any atom is 0.409 e. The van der Waals surface area contributed by atoms with Crippen LogP contribution < -0.4 is 4.74 Å². The summed E-state index contributed by atoms with van der Waals surface area (Å²) in [5.74, 6) is 0.615. The largest absolute Gasteiger partial charge is 0.497 e.